The molecule has 0 aromatic heterocycles. The van der Waals surface area contributed by atoms with Crippen LogP contribution in [0.25, 0.3) is 0 Å². The lowest BCUT2D eigenvalue weighted by molar-refractivity contribution is -0.132. The molecule has 0 bridgehead atoms. The van der Waals surface area contributed by atoms with Crippen molar-refractivity contribution in [2.75, 3.05) is 57.3 Å². The molecule has 36 heavy (non-hydrogen) atoms. The normalized spacial score (nSPS) is 22.8. The van der Waals surface area contributed by atoms with Crippen LogP contribution in [-0.4, -0.2) is 89.5 Å². The molecule has 2 aliphatic rings. The van der Waals surface area contributed by atoms with Crippen LogP contribution in [0.3, 0.4) is 0 Å². The molecule has 7 heteroatoms. The minimum absolute atomic E-state index is 0.0632. The number of hydrogen-bond acceptors (Lipinski definition) is 6. The molecule has 1 atom stereocenters. The molecule has 4 rings (SSSR count). The Kier molecular flexibility index (Phi) is 7.93. The Morgan fingerprint density at radius 2 is 1.61 bits per heavy atom. The highest BCUT2D eigenvalue weighted by atomic mass is 16.5. The highest BCUT2D eigenvalue weighted by Crippen LogP contribution is 2.30. The van der Waals surface area contributed by atoms with Gasteiger partial charge in [-0.2, -0.15) is 0 Å². The summed E-state index contributed by atoms with van der Waals surface area (Å²) in [4.78, 5) is 18.4. The number of anilines is 1. The van der Waals surface area contributed by atoms with Gasteiger partial charge >= 0.3 is 0 Å². The van der Waals surface area contributed by atoms with Crippen molar-refractivity contribution in [2.45, 2.75) is 51.7 Å². The van der Waals surface area contributed by atoms with Gasteiger partial charge in [0.1, 0.15) is 18.0 Å². The van der Waals surface area contributed by atoms with Crippen LogP contribution >= 0.6 is 0 Å². The van der Waals surface area contributed by atoms with E-state index in [9.17, 15) is 15.0 Å². The lowest BCUT2D eigenvalue weighted by Crippen LogP contribution is -2.55. The van der Waals surface area contributed by atoms with Gasteiger partial charge in [-0.3, -0.25) is 9.69 Å². The smallest absolute Gasteiger partial charge is 0.219 e. The highest BCUT2D eigenvalue weighted by molar-refractivity contribution is 5.73. The molecular formula is C29H41N3O4. The van der Waals surface area contributed by atoms with Gasteiger partial charge in [0, 0.05) is 51.9 Å². The monoisotopic (exact) mass is 495 g/mol. The van der Waals surface area contributed by atoms with E-state index in [2.05, 4.69) is 41.8 Å². The number of aliphatic hydroxyl groups is 2. The number of hydrogen-bond donors (Lipinski definition) is 2. The van der Waals surface area contributed by atoms with E-state index in [1.54, 1.807) is 4.90 Å². The SMILES string of the molecule is CC(=O)N1CCN(CC2(O)CCN(c3ccccc3C)CC2)CC(O)(COc2ccc(C)c(C)c2)C1. The lowest BCUT2D eigenvalue weighted by atomic mass is 9.89. The van der Waals surface area contributed by atoms with E-state index < -0.39 is 11.2 Å². The molecule has 2 aromatic rings. The molecule has 0 saturated carbocycles. The third-order valence-electron chi connectivity index (χ3n) is 7.79. The van der Waals surface area contributed by atoms with E-state index >= 15 is 0 Å². The Bertz CT molecular complexity index is 1070. The predicted octanol–water partition coefficient (Wildman–Crippen LogP) is 2.92. The van der Waals surface area contributed by atoms with Crippen LogP contribution in [0.4, 0.5) is 5.69 Å². The summed E-state index contributed by atoms with van der Waals surface area (Å²) in [6.07, 6.45) is 1.32. The molecule has 0 spiro atoms. The number of nitrogens with zero attached hydrogens (tertiary/aromatic N) is 3. The van der Waals surface area contributed by atoms with E-state index in [-0.39, 0.29) is 19.1 Å². The predicted molar refractivity (Wildman–Crippen MR) is 143 cm³/mol. The summed E-state index contributed by atoms with van der Waals surface area (Å²) in [5.74, 6) is 0.644. The summed E-state index contributed by atoms with van der Waals surface area (Å²) in [6.45, 7) is 11.5. The number of rotatable bonds is 6. The van der Waals surface area contributed by atoms with Crippen LogP contribution < -0.4 is 9.64 Å². The fourth-order valence-corrected chi connectivity index (χ4v) is 5.41. The molecular weight excluding hydrogens is 454 g/mol. The summed E-state index contributed by atoms with van der Waals surface area (Å²) >= 11 is 0. The van der Waals surface area contributed by atoms with Crippen molar-refractivity contribution >= 4 is 11.6 Å². The van der Waals surface area contributed by atoms with E-state index in [4.69, 9.17) is 4.74 Å². The summed E-state index contributed by atoms with van der Waals surface area (Å²) in [5.41, 5.74) is 2.72. The molecule has 2 N–H and O–H groups in total. The van der Waals surface area contributed by atoms with Crippen molar-refractivity contribution in [3.63, 3.8) is 0 Å². The second-order valence-electron chi connectivity index (χ2n) is 10.9. The fraction of sp³-hybridized carbons (Fsp3) is 0.552. The number of carbonyl (C=O) groups is 1. The molecule has 2 heterocycles. The van der Waals surface area contributed by atoms with Crippen LogP contribution in [0.2, 0.25) is 0 Å². The number of aryl methyl sites for hydroxylation is 3. The van der Waals surface area contributed by atoms with Gasteiger partial charge in [0.15, 0.2) is 0 Å². The second kappa shape index (κ2) is 10.8. The number of carbonyl (C=O) groups excluding carboxylic acids is 1. The molecule has 2 aromatic carbocycles. The van der Waals surface area contributed by atoms with Crippen molar-refractivity contribution in [3.05, 3.63) is 59.2 Å². The average molecular weight is 496 g/mol. The molecule has 2 aliphatic heterocycles. The Hall–Kier alpha value is -2.61. The number of piperidine rings is 1. The maximum Gasteiger partial charge on any atom is 0.219 e. The number of para-hydroxylation sites is 1. The van der Waals surface area contributed by atoms with Gasteiger partial charge in [0.2, 0.25) is 5.91 Å². The zero-order valence-corrected chi connectivity index (χ0v) is 22.2. The van der Waals surface area contributed by atoms with Gasteiger partial charge in [0.05, 0.1) is 12.1 Å². The largest absolute Gasteiger partial charge is 0.490 e. The number of amides is 1. The summed E-state index contributed by atoms with van der Waals surface area (Å²) < 4.78 is 6.02. The molecule has 7 nitrogen and oxygen atoms in total. The van der Waals surface area contributed by atoms with Crippen LogP contribution in [0.5, 0.6) is 5.75 Å². The average Bonchev–Trinajstić information content (AvgIpc) is 2.99. The first-order valence-electron chi connectivity index (χ1n) is 13.0. The van der Waals surface area contributed by atoms with E-state index in [1.807, 2.05) is 31.2 Å². The van der Waals surface area contributed by atoms with Crippen LogP contribution in [-0.2, 0) is 4.79 Å². The lowest BCUT2D eigenvalue weighted by Gasteiger charge is -2.43. The maximum absolute atomic E-state index is 12.3. The number of ether oxygens (including phenoxy) is 1. The Balaban J connectivity index is 1.42. The summed E-state index contributed by atoms with van der Waals surface area (Å²) in [5, 5.41) is 23.1. The molecule has 0 aliphatic carbocycles. The molecule has 0 radical (unpaired) electrons. The van der Waals surface area contributed by atoms with Gasteiger partial charge < -0.3 is 24.7 Å². The number of benzene rings is 2. The van der Waals surface area contributed by atoms with Crippen molar-refractivity contribution in [1.82, 2.24) is 9.80 Å². The quantitative estimate of drug-likeness (QED) is 0.642. The number of β-amino-alcohol motifs (C(OH)–C–C–N with tert-alkyl or cyclic N) is 2. The van der Waals surface area contributed by atoms with E-state index in [0.29, 0.717) is 44.8 Å². The summed E-state index contributed by atoms with van der Waals surface area (Å²) in [6, 6.07) is 14.3. The van der Waals surface area contributed by atoms with Crippen LogP contribution in [0.15, 0.2) is 42.5 Å². The third-order valence-corrected chi connectivity index (χ3v) is 7.79. The Labute approximate surface area is 215 Å². The van der Waals surface area contributed by atoms with Gasteiger partial charge in [-0.25, -0.2) is 0 Å². The first-order valence-corrected chi connectivity index (χ1v) is 13.0. The van der Waals surface area contributed by atoms with Gasteiger partial charge in [-0.15, -0.1) is 0 Å². The van der Waals surface area contributed by atoms with Crippen LogP contribution in [0.1, 0.15) is 36.5 Å². The molecule has 2 fully saturated rings. The van der Waals surface area contributed by atoms with Gasteiger partial charge in [0.25, 0.3) is 0 Å². The highest BCUT2D eigenvalue weighted by Gasteiger charge is 2.41. The van der Waals surface area contributed by atoms with E-state index in [1.165, 1.54) is 23.7 Å². The van der Waals surface area contributed by atoms with Crippen molar-refractivity contribution in [1.29, 1.82) is 0 Å². The minimum atomic E-state index is -1.24. The van der Waals surface area contributed by atoms with Gasteiger partial charge in [-0.05, 0) is 68.5 Å². The van der Waals surface area contributed by atoms with Gasteiger partial charge in [-0.1, -0.05) is 24.3 Å². The topological polar surface area (TPSA) is 76.5 Å². The van der Waals surface area contributed by atoms with E-state index in [0.717, 1.165) is 18.7 Å². The van der Waals surface area contributed by atoms with Crippen LogP contribution in [0, 0.1) is 20.8 Å². The first-order chi connectivity index (χ1) is 17.1. The zero-order chi connectivity index (χ0) is 25.9. The second-order valence-corrected chi connectivity index (χ2v) is 10.9. The standard InChI is InChI=1S/C29H41N3O4/c1-22-9-10-26(17-24(22)3)36-21-29(35)19-30(15-16-32(20-29)25(4)33)18-28(34)11-13-31(14-12-28)27-8-6-5-7-23(27)2/h5-10,17,34-35H,11-16,18-21H2,1-4H3. The fourth-order valence-electron chi connectivity index (χ4n) is 5.41. The maximum atomic E-state index is 12.3. The third kappa shape index (κ3) is 6.38. The first kappa shape index (κ1) is 26.5. The molecule has 1 amide bonds. The molecule has 196 valence electrons. The van der Waals surface area contributed by atoms with Crippen molar-refractivity contribution in [2.24, 2.45) is 0 Å². The zero-order valence-electron chi connectivity index (χ0n) is 22.2. The molecule has 2 saturated heterocycles. The minimum Gasteiger partial charge on any atom is -0.490 e. The van der Waals surface area contributed by atoms with Crippen molar-refractivity contribution in [3.8, 4) is 5.75 Å². The Morgan fingerprint density at radius 3 is 2.28 bits per heavy atom. The Morgan fingerprint density at radius 1 is 0.889 bits per heavy atom. The van der Waals surface area contributed by atoms with Crippen molar-refractivity contribution < 1.29 is 19.7 Å². The molecule has 1 unspecified atom stereocenters. The summed E-state index contributed by atoms with van der Waals surface area (Å²) in [7, 11) is 0.